The predicted molar refractivity (Wildman–Crippen MR) is 115 cm³/mol. The van der Waals surface area contributed by atoms with Gasteiger partial charge in [-0.15, -0.1) is 0 Å². The molecule has 1 N–H and O–H groups in total. The van der Waals surface area contributed by atoms with Gasteiger partial charge in [-0.05, 0) is 51.9 Å². The van der Waals surface area contributed by atoms with E-state index in [1.54, 1.807) is 20.8 Å². The summed E-state index contributed by atoms with van der Waals surface area (Å²) in [4.78, 5) is 11.6. The van der Waals surface area contributed by atoms with Gasteiger partial charge in [-0.2, -0.15) is 0 Å². The lowest BCUT2D eigenvalue weighted by Gasteiger charge is -2.39. The summed E-state index contributed by atoms with van der Waals surface area (Å²) in [5, 5.41) is 9.97. The van der Waals surface area contributed by atoms with E-state index in [1.807, 2.05) is 13.8 Å². The van der Waals surface area contributed by atoms with Crippen molar-refractivity contribution in [1.82, 2.24) is 0 Å². The first-order chi connectivity index (χ1) is 12.5. The predicted octanol–water partition coefficient (Wildman–Crippen LogP) is 5.23. The van der Waals surface area contributed by atoms with Crippen molar-refractivity contribution in [2.75, 3.05) is 6.61 Å². The Morgan fingerprint density at radius 3 is 2.18 bits per heavy atom. The molecule has 0 saturated heterocycles. The molecular weight excluding hydrogens is 375 g/mol. The van der Waals surface area contributed by atoms with Crippen LogP contribution in [0.3, 0.4) is 0 Å². The number of rotatable bonds is 7. The molecule has 0 aliphatic heterocycles. The molecule has 0 aliphatic carbocycles. The van der Waals surface area contributed by atoms with E-state index in [2.05, 4.69) is 45.7 Å². The smallest absolute Gasteiger partial charge is 0.311 e. The molecule has 0 fully saturated rings. The fraction of sp³-hybridized carbons (Fsp3) is 0.773. The number of hydrogen-bond donors (Lipinski definition) is 1. The number of ether oxygens (including phenoxy) is 1. The highest BCUT2D eigenvalue weighted by atomic mass is 28.4. The largest absolute Gasteiger partial charge is 0.464 e. The van der Waals surface area contributed by atoms with E-state index in [1.165, 1.54) is 6.08 Å². The third kappa shape index (κ3) is 9.36. The maximum Gasteiger partial charge on any atom is 0.311 e. The van der Waals surface area contributed by atoms with Gasteiger partial charge in [-0.25, -0.2) is 4.39 Å². The van der Waals surface area contributed by atoms with Crippen molar-refractivity contribution in [3.63, 3.8) is 0 Å². The average molecular weight is 415 g/mol. The zero-order chi connectivity index (χ0) is 22.3. The van der Waals surface area contributed by atoms with E-state index in [4.69, 9.17) is 9.16 Å². The lowest BCUT2D eigenvalue weighted by molar-refractivity contribution is -0.152. The van der Waals surface area contributed by atoms with Gasteiger partial charge < -0.3 is 14.3 Å². The normalized spacial score (nSPS) is 16.6. The summed E-state index contributed by atoms with van der Waals surface area (Å²) < 4.78 is 25.6. The van der Waals surface area contributed by atoms with Crippen molar-refractivity contribution in [3.05, 3.63) is 11.9 Å². The van der Waals surface area contributed by atoms with Crippen LogP contribution in [0.4, 0.5) is 4.39 Å². The molecule has 0 aromatic carbocycles. The molecule has 0 aliphatic rings. The Kier molecular flexibility index (Phi) is 10.1. The van der Waals surface area contributed by atoms with Crippen molar-refractivity contribution < 1.29 is 23.5 Å². The summed E-state index contributed by atoms with van der Waals surface area (Å²) in [5.74, 6) is 3.91. The number of halogens is 1. The summed E-state index contributed by atoms with van der Waals surface area (Å²) in [6, 6.07) is 0. The van der Waals surface area contributed by atoms with Crippen LogP contribution in [0.2, 0.25) is 18.1 Å². The van der Waals surface area contributed by atoms with Crippen LogP contribution in [-0.2, 0) is 14.0 Å². The number of hydrogen-bond acceptors (Lipinski definition) is 4. The number of esters is 1. The van der Waals surface area contributed by atoms with E-state index >= 15 is 0 Å². The van der Waals surface area contributed by atoms with Crippen LogP contribution in [0.25, 0.3) is 0 Å². The third-order valence-electron chi connectivity index (χ3n) is 5.02. The maximum atomic E-state index is 14.2. The molecule has 0 rings (SSSR count). The maximum absolute atomic E-state index is 14.2. The molecular formula is C22H39FO4Si. The third-order valence-corrected chi connectivity index (χ3v) is 9.60. The Labute approximate surface area is 172 Å². The summed E-state index contributed by atoms with van der Waals surface area (Å²) in [5.41, 5.74) is -0.568. The van der Waals surface area contributed by atoms with Crippen molar-refractivity contribution in [2.45, 2.75) is 92.2 Å². The minimum absolute atomic E-state index is 0.0741. The Bertz CT molecular complexity index is 603. The molecule has 3 atom stereocenters. The summed E-state index contributed by atoms with van der Waals surface area (Å²) in [7, 11) is -1.95. The second-order valence-corrected chi connectivity index (χ2v) is 14.6. The van der Waals surface area contributed by atoms with Gasteiger partial charge in [0.2, 0.25) is 0 Å². The molecule has 0 amide bonds. The number of carbonyl (C=O) groups excluding carboxylic acids is 1. The molecule has 4 nitrogen and oxygen atoms in total. The first-order valence-electron chi connectivity index (χ1n) is 9.87. The standard InChI is InChI=1S/C22H39FO4Si/c1-16(17(2)27-28(9,10)22(6,7)8)15-18(23)19(24)13-11-12-14-26-20(25)21(3,4)5/h15-17,19,24H,12,14H2,1-10H3/b18-15+/t16-,17?,19+/m1/s1. The first-order valence-corrected chi connectivity index (χ1v) is 12.8. The Hall–Kier alpha value is -1.16. The van der Waals surface area contributed by atoms with Crippen LogP contribution >= 0.6 is 0 Å². The van der Waals surface area contributed by atoms with Crippen LogP contribution in [-0.4, -0.2) is 38.2 Å². The molecule has 0 aromatic heterocycles. The van der Waals surface area contributed by atoms with Gasteiger partial charge in [0.05, 0.1) is 5.41 Å². The van der Waals surface area contributed by atoms with Crippen LogP contribution < -0.4 is 0 Å². The van der Waals surface area contributed by atoms with E-state index in [0.717, 1.165) is 0 Å². The molecule has 0 bridgehead atoms. The zero-order valence-corrected chi connectivity index (χ0v) is 20.3. The van der Waals surface area contributed by atoms with Crippen LogP contribution in [0.1, 0.15) is 61.8 Å². The van der Waals surface area contributed by atoms with Gasteiger partial charge in [-0.1, -0.05) is 39.5 Å². The lowest BCUT2D eigenvalue weighted by atomic mass is 9.97. The Morgan fingerprint density at radius 2 is 1.71 bits per heavy atom. The molecule has 6 heteroatoms. The minimum atomic E-state index is -1.95. The fourth-order valence-electron chi connectivity index (χ4n) is 1.88. The Morgan fingerprint density at radius 1 is 1.18 bits per heavy atom. The van der Waals surface area contributed by atoms with Gasteiger partial charge in [0, 0.05) is 18.4 Å². The SMILES string of the molecule is CC(O[Si](C)(C)C(C)(C)C)[C@H](C)/C=C(/F)[C@@H](O)C#CCCOC(=O)C(C)(C)C. The number of carbonyl (C=O) groups is 1. The monoisotopic (exact) mass is 414 g/mol. The van der Waals surface area contributed by atoms with Gasteiger partial charge in [0.25, 0.3) is 0 Å². The molecule has 0 radical (unpaired) electrons. The topological polar surface area (TPSA) is 55.8 Å². The minimum Gasteiger partial charge on any atom is -0.464 e. The highest BCUT2D eigenvalue weighted by Crippen LogP contribution is 2.38. The van der Waals surface area contributed by atoms with Crippen molar-refractivity contribution >= 4 is 14.3 Å². The number of aliphatic hydroxyl groups excluding tert-OH is 1. The lowest BCUT2D eigenvalue weighted by Crippen LogP contribution is -2.44. The Balaban J connectivity index is 4.68. The van der Waals surface area contributed by atoms with Gasteiger partial charge in [0.1, 0.15) is 12.4 Å². The molecule has 1 unspecified atom stereocenters. The van der Waals surface area contributed by atoms with E-state index < -0.39 is 25.7 Å². The van der Waals surface area contributed by atoms with E-state index in [-0.39, 0.29) is 36.1 Å². The quantitative estimate of drug-likeness (QED) is 0.268. The highest BCUT2D eigenvalue weighted by molar-refractivity contribution is 6.74. The van der Waals surface area contributed by atoms with Crippen molar-refractivity contribution in [2.24, 2.45) is 11.3 Å². The number of aliphatic hydroxyl groups is 1. The first kappa shape index (κ1) is 26.8. The van der Waals surface area contributed by atoms with Gasteiger partial charge >= 0.3 is 5.97 Å². The second-order valence-electron chi connectivity index (χ2n) is 9.85. The van der Waals surface area contributed by atoms with Crippen LogP contribution in [0, 0.1) is 23.2 Å². The fourth-order valence-corrected chi connectivity index (χ4v) is 3.37. The second kappa shape index (κ2) is 10.6. The molecule has 0 saturated carbocycles. The highest BCUT2D eigenvalue weighted by Gasteiger charge is 2.39. The molecule has 28 heavy (non-hydrogen) atoms. The molecule has 0 aromatic rings. The summed E-state index contributed by atoms with van der Waals surface area (Å²) in [6.45, 7) is 20.0. The van der Waals surface area contributed by atoms with Crippen molar-refractivity contribution in [3.8, 4) is 11.8 Å². The van der Waals surface area contributed by atoms with Gasteiger partial charge in [-0.3, -0.25) is 4.79 Å². The summed E-state index contributed by atoms with van der Waals surface area (Å²) in [6.07, 6.45) is -0.0342. The van der Waals surface area contributed by atoms with Crippen LogP contribution in [0.15, 0.2) is 11.9 Å². The van der Waals surface area contributed by atoms with E-state index in [0.29, 0.717) is 0 Å². The summed E-state index contributed by atoms with van der Waals surface area (Å²) >= 11 is 0. The average Bonchev–Trinajstić information content (AvgIpc) is 2.51. The van der Waals surface area contributed by atoms with E-state index in [9.17, 15) is 14.3 Å². The molecule has 0 spiro atoms. The molecule has 162 valence electrons. The van der Waals surface area contributed by atoms with Crippen molar-refractivity contribution in [1.29, 1.82) is 0 Å². The zero-order valence-electron chi connectivity index (χ0n) is 19.3. The van der Waals surface area contributed by atoms with Crippen LogP contribution in [0.5, 0.6) is 0 Å². The van der Waals surface area contributed by atoms with Gasteiger partial charge in [0.15, 0.2) is 14.4 Å². The molecule has 0 heterocycles.